The SMILES string of the molecule is COC(=O)CCCC1(c2ccccc2)C2C3CC4CC5CC6CC7=C8C9=C%10C%11=C%12C%13=C%10C%10C8C6C6C5C4C4C3C(C%13C4C%106)C3C%12C(C=C%11CC9C7)CC321. The van der Waals surface area contributed by atoms with Crippen molar-refractivity contribution in [3.05, 3.63) is 92.1 Å². The van der Waals surface area contributed by atoms with Crippen molar-refractivity contribution < 1.29 is 9.53 Å². The molecule has 17 aliphatic rings. The van der Waals surface area contributed by atoms with Gasteiger partial charge in [0.1, 0.15) is 0 Å². The minimum Gasteiger partial charge on any atom is -0.469 e. The monoisotopic (exact) mass is 694 g/mol. The molecule has 10 saturated carbocycles. The van der Waals surface area contributed by atoms with Crippen LogP contribution in [0.3, 0.4) is 0 Å². The second-order valence-corrected chi connectivity index (χ2v) is 23.1. The fraction of sp³-hybridized carbons (Fsp3) is 0.667. The number of allylic oxidation sites excluding steroid dienone is 10. The zero-order valence-corrected chi connectivity index (χ0v) is 31.0. The highest BCUT2D eigenvalue weighted by Crippen LogP contribution is 2.96. The number of ether oxygens (including phenoxy) is 1. The van der Waals surface area contributed by atoms with Gasteiger partial charge >= 0.3 is 5.97 Å². The first-order valence-corrected chi connectivity index (χ1v) is 22.9. The van der Waals surface area contributed by atoms with Crippen molar-refractivity contribution in [2.45, 2.75) is 69.6 Å². The van der Waals surface area contributed by atoms with Crippen molar-refractivity contribution in [3.8, 4) is 0 Å². The highest BCUT2D eigenvalue weighted by atomic mass is 16.5. The van der Waals surface area contributed by atoms with Gasteiger partial charge in [-0.1, -0.05) is 42.0 Å². The first-order chi connectivity index (χ1) is 26.2. The number of hydrogen-bond donors (Lipinski definition) is 0. The molecule has 23 unspecified atom stereocenters. The van der Waals surface area contributed by atoms with Gasteiger partial charge in [0.25, 0.3) is 0 Å². The fourth-order valence-corrected chi connectivity index (χ4v) is 24.3. The Bertz CT molecular complexity index is 2330. The Hall–Kier alpha value is -2.61. The van der Waals surface area contributed by atoms with Crippen LogP contribution in [0.25, 0.3) is 0 Å². The summed E-state index contributed by atoms with van der Waals surface area (Å²) in [5.74, 6) is 19.9. The molecule has 0 N–H and O–H groups in total. The molecule has 266 valence electrons. The molecular formula is C51H50O2. The topological polar surface area (TPSA) is 26.3 Å². The Morgan fingerprint density at radius 2 is 1.53 bits per heavy atom. The second kappa shape index (κ2) is 7.72. The lowest BCUT2D eigenvalue weighted by atomic mass is 9.45. The quantitative estimate of drug-likeness (QED) is 0.288. The first-order valence-electron chi connectivity index (χ1n) is 22.9. The Labute approximate surface area is 313 Å². The number of carbonyl (C=O) groups is 1. The van der Waals surface area contributed by atoms with Gasteiger partial charge in [-0.05, 0) is 238 Å². The van der Waals surface area contributed by atoms with Gasteiger partial charge in [0.05, 0.1) is 7.11 Å². The van der Waals surface area contributed by atoms with E-state index >= 15 is 0 Å². The molecule has 0 aliphatic heterocycles. The number of benzene rings is 1. The van der Waals surface area contributed by atoms with Crippen molar-refractivity contribution in [2.75, 3.05) is 7.11 Å². The van der Waals surface area contributed by atoms with Gasteiger partial charge in [-0.2, -0.15) is 0 Å². The Balaban J connectivity index is 0.970. The minimum atomic E-state index is 0.000433. The van der Waals surface area contributed by atoms with Gasteiger partial charge in [-0.15, -0.1) is 0 Å². The molecule has 0 radical (unpaired) electrons. The first kappa shape index (κ1) is 27.1. The van der Waals surface area contributed by atoms with Gasteiger partial charge < -0.3 is 4.74 Å². The van der Waals surface area contributed by atoms with Gasteiger partial charge in [-0.3, -0.25) is 4.79 Å². The molecule has 17 aliphatic carbocycles. The van der Waals surface area contributed by atoms with E-state index in [0.29, 0.717) is 11.8 Å². The van der Waals surface area contributed by atoms with Gasteiger partial charge in [-0.25, -0.2) is 0 Å². The average molecular weight is 695 g/mol. The van der Waals surface area contributed by atoms with Gasteiger partial charge in [0.2, 0.25) is 0 Å². The van der Waals surface area contributed by atoms with Crippen LogP contribution in [0.2, 0.25) is 0 Å². The van der Waals surface area contributed by atoms with Crippen molar-refractivity contribution in [1.29, 1.82) is 0 Å². The van der Waals surface area contributed by atoms with Crippen LogP contribution >= 0.6 is 0 Å². The highest BCUT2D eigenvalue weighted by molar-refractivity contribution is 5.83. The minimum absolute atomic E-state index is 0.000433. The summed E-state index contributed by atoms with van der Waals surface area (Å²) in [5, 5.41) is 0. The van der Waals surface area contributed by atoms with Crippen LogP contribution in [0.4, 0.5) is 0 Å². The van der Waals surface area contributed by atoms with E-state index in [-0.39, 0.29) is 11.4 Å². The van der Waals surface area contributed by atoms with E-state index in [4.69, 9.17) is 4.74 Å². The molecule has 1 spiro atoms. The van der Waals surface area contributed by atoms with E-state index < -0.39 is 0 Å². The third-order valence-corrected chi connectivity index (χ3v) is 23.4. The molecule has 0 aromatic heterocycles. The van der Waals surface area contributed by atoms with Crippen LogP contribution in [0.5, 0.6) is 0 Å². The molecule has 18 rings (SSSR count). The number of hydrogen-bond acceptors (Lipinski definition) is 2. The number of esters is 1. The number of carbonyl (C=O) groups excluding carboxylic acids is 1. The third-order valence-electron chi connectivity index (χ3n) is 23.4. The van der Waals surface area contributed by atoms with Gasteiger partial charge in [0, 0.05) is 11.8 Å². The summed E-state index contributed by atoms with van der Waals surface area (Å²) in [6.45, 7) is 0. The average Bonchev–Trinajstić information content (AvgIpc) is 3.86. The second-order valence-electron chi connectivity index (χ2n) is 23.1. The molecule has 0 bridgehead atoms. The van der Waals surface area contributed by atoms with Crippen LogP contribution in [0, 0.1) is 130 Å². The highest BCUT2D eigenvalue weighted by Gasteiger charge is 2.92. The zero-order valence-electron chi connectivity index (χ0n) is 31.0. The molecule has 2 heteroatoms. The Morgan fingerprint density at radius 3 is 2.42 bits per heavy atom. The van der Waals surface area contributed by atoms with Crippen molar-refractivity contribution in [1.82, 2.24) is 0 Å². The molecule has 53 heavy (non-hydrogen) atoms. The van der Waals surface area contributed by atoms with E-state index in [0.717, 1.165) is 131 Å². The van der Waals surface area contributed by atoms with Crippen molar-refractivity contribution in [2.24, 2.45) is 130 Å². The normalized spacial score (nSPS) is 62.0. The van der Waals surface area contributed by atoms with E-state index in [9.17, 15) is 4.79 Å². The third kappa shape index (κ3) is 2.24. The van der Waals surface area contributed by atoms with Crippen LogP contribution in [0.1, 0.15) is 69.8 Å². The summed E-state index contributed by atoms with van der Waals surface area (Å²) in [6.07, 6.45) is 16.3. The lowest BCUT2D eigenvalue weighted by molar-refractivity contribution is -0.140. The predicted molar refractivity (Wildman–Crippen MR) is 198 cm³/mol. The molecule has 1 aromatic rings. The molecule has 1 aromatic carbocycles. The molecule has 0 amide bonds. The Morgan fingerprint density at radius 1 is 0.717 bits per heavy atom. The molecule has 0 saturated heterocycles. The predicted octanol–water partition coefficient (Wildman–Crippen LogP) is 9.27. The van der Waals surface area contributed by atoms with Gasteiger partial charge in [0.15, 0.2) is 0 Å². The van der Waals surface area contributed by atoms with Crippen LogP contribution in [0.15, 0.2) is 86.6 Å². The summed E-state index contributed by atoms with van der Waals surface area (Å²) in [5.41, 5.74) is 20.3. The standard InChI is InChI=1S/C51H50O2/c1-53-27(52)8-5-9-50(25-6-3-2-4-7-25)49-26-16-23-14-20-12-21-11-18-10-19-13-22-15-24-17-51(49,50)48-34(24)39-33(22)38-29(19)28(18)36-32(21)37-30(20)31(23)40-35(26)47(48)46-44(39)42(38)41(36)43(37)45(40)46/h2-4,6-7,15,19-21,23-24,26,30-32,34-37,40-41,43,45-49H,5,8-14,16-17H2,1H3. The number of fused-ring (bicyclic) bond motifs is 1. The fourth-order valence-electron chi connectivity index (χ4n) is 24.3. The zero-order chi connectivity index (χ0) is 33.5. The summed E-state index contributed by atoms with van der Waals surface area (Å²) >= 11 is 0. The summed E-state index contributed by atoms with van der Waals surface area (Å²) in [4.78, 5) is 12.8. The largest absolute Gasteiger partial charge is 0.469 e. The molecule has 2 nitrogen and oxygen atoms in total. The van der Waals surface area contributed by atoms with E-state index in [1.54, 1.807) is 31.9 Å². The van der Waals surface area contributed by atoms with Crippen LogP contribution in [-0.4, -0.2) is 13.1 Å². The van der Waals surface area contributed by atoms with Crippen molar-refractivity contribution in [3.63, 3.8) is 0 Å². The lowest BCUT2D eigenvalue weighted by Crippen LogP contribution is -2.55. The summed E-state index contributed by atoms with van der Waals surface area (Å²) in [6, 6.07) is 12.2. The maximum Gasteiger partial charge on any atom is 0.305 e. The Kier molecular flexibility index (Phi) is 3.94. The van der Waals surface area contributed by atoms with Crippen LogP contribution < -0.4 is 0 Å². The van der Waals surface area contributed by atoms with Crippen molar-refractivity contribution >= 4 is 5.97 Å². The summed E-state index contributed by atoms with van der Waals surface area (Å²) in [7, 11) is 1.60. The van der Waals surface area contributed by atoms with E-state index in [2.05, 4.69) is 53.1 Å². The summed E-state index contributed by atoms with van der Waals surface area (Å²) < 4.78 is 5.30. The molecule has 10 fully saturated rings. The number of methoxy groups -OCH3 is 1. The van der Waals surface area contributed by atoms with E-state index in [1.807, 2.05) is 33.4 Å². The molecule has 23 atom stereocenters. The van der Waals surface area contributed by atoms with Crippen LogP contribution in [-0.2, 0) is 14.9 Å². The smallest absolute Gasteiger partial charge is 0.305 e. The maximum absolute atomic E-state index is 12.8. The lowest BCUT2D eigenvalue weighted by Gasteiger charge is -2.59. The number of rotatable bonds is 5. The molecular weight excluding hydrogens is 645 g/mol. The molecule has 0 heterocycles. The maximum atomic E-state index is 12.8. The van der Waals surface area contributed by atoms with E-state index in [1.165, 1.54) is 32.1 Å².